The number of esters is 1. The van der Waals surface area contributed by atoms with Gasteiger partial charge in [0.05, 0.1) is 19.8 Å². The molecule has 1 aromatic heterocycles. The van der Waals surface area contributed by atoms with Gasteiger partial charge in [0.25, 0.3) is 0 Å². The zero-order chi connectivity index (χ0) is 18.0. The van der Waals surface area contributed by atoms with Gasteiger partial charge in [-0.05, 0) is 19.9 Å². The van der Waals surface area contributed by atoms with E-state index in [0.29, 0.717) is 43.0 Å². The van der Waals surface area contributed by atoms with E-state index in [2.05, 4.69) is 0 Å². The summed E-state index contributed by atoms with van der Waals surface area (Å²) in [5, 5.41) is 10.6. The van der Waals surface area contributed by atoms with Crippen molar-refractivity contribution in [3.8, 4) is 11.5 Å². The fourth-order valence-corrected chi connectivity index (χ4v) is 2.68. The van der Waals surface area contributed by atoms with E-state index in [0.717, 1.165) is 0 Å². The van der Waals surface area contributed by atoms with Crippen molar-refractivity contribution in [2.45, 2.75) is 13.8 Å². The molecule has 1 aliphatic rings. The van der Waals surface area contributed by atoms with E-state index in [1.807, 2.05) is 0 Å². The molecule has 0 bridgehead atoms. The van der Waals surface area contributed by atoms with E-state index in [9.17, 15) is 14.7 Å². The number of fused-ring (bicyclic) bond motifs is 1. The highest BCUT2D eigenvalue weighted by molar-refractivity contribution is 6.05. The van der Waals surface area contributed by atoms with E-state index in [1.165, 1.54) is 17.0 Å². The summed E-state index contributed by atoms with van der Waals surface area (Å²) >= 11 is 0. The number of furan rings is 1. The summed E-state index contributed by atoms with van der Waals surface area (Å²) in [5.74, 6) is -0.464. The molecule has 134 valence electrons. The molecular formula is C17H19NO7. The van der Waals surface area contributed by atoms with Crippen molar-refractivity contribution in [2.24, 2.45) is 0 Å². The number of hydrogen-bond acceptors (Lipinski definition) is 7. The smallest absolute Gasteiger partial charge is 0.415 e. The Hall–Kier alpha value is -2.74. The number of phenols is 1. The highest BCUT2D eigenvalue weighted by atomic mass is 16.6. The third-order valence-corrected chi connectivity index (χ3v) is 3.89. The maximum Gasteiger partial charge on any atom is 0.415 e. The van der Waals surface area contributed by atoms with Gasteiger partial charge in [-0.15, -0.1) is 0 Å². The molecule has 1 saturated heterocycles. The number of nitrogens with zero attached hydrogens (tertiary/aromatic N) is 1. The van der Waals surface area contributed by atoms with Crippen molar-refractivity contribution in [3.63, 3.8) is 0 Å². The minimum Gasteiger partial charge on any atom is -0.504 e. The van der Waals surface area contributed by atoms with Crippen molar-refractivity contribution in [3.05, 3.63) is 23.5 Å². The third kappa shape index (κ3) is 3.39. The standard InChI is InChI=1S/C17H19NO7/c1-3-23-16(20)15-10(2)24-13-9-14(12(19)8-11(13)15)25-17(21)18-4-6-22-7-5-18/h8-9,19H,3-7H2,1-2H3. The largest absolute Gasteiger partial charge is 0.504 e. The Morgan fingerprint density at radius 2 is 2.00 bits per heavy atom. The van der Waals surface area contributed by atoms with Crippen LogP contribution in [0.1, 0.15) is 23.0 Å². The molecule has 0 radical (unpaired) electrons. The van der Waals surface area contributed by atoms with Gasteiger partial charge in [-0.25, -0.2) is 9.59 Å². The van der Waals surface area contributed by atoms with Crippen LogP contribution in [0.25, 0.3) is 11.0 Å². The third-order valence-electron chi connectivity index (χ3n) is 3.89. The summed E-state index contributed by atoms with van der Waals surface area (Å²) in [7, 11) is 0. The monoisotopic (exact) mass is 349 g/mol. The summed E-state index contributed by atoms with van der Waals surface area (Å²) in [6.45, 7) is 5.30. The van der Waals surface area contributed by atoms with Crippen LogP contribution in [0.3, 0.4) is 0 Å². The molecule has 1 aromatic carbocycles. The number of aromatic hydroxyl groups is 1. The first kappa shape index (κ1) is 17.1. The van der Waals surface area contributed by atoms with Gasteiger partial charge < -0.3 is 28.6 Å². The van der Waals surface area contributed by atoms with Crippen LogP contribution in [-0.2, 0) is 9.47 Å². The van der Waals surface area contributed by atoms with Gasteiger partial charge in [0.1, 0.15) is 16.9 Å². The number of phenolic OH excluding ortho intramolecular Hbond substituents is 1. The number of morpholine rings is 1. The maximum atomic E-state index is 12.2. The van der Waals surface area contributed by atoms with Crippen LogP contribution >= 0.6 is 0 Å². The summed E-state index contributed by atoms with van der Waals surface area (Å²) in [5.41, 5.74) is 0.571. The normalized spacial score (nSPS) is 14.6. The molecular weight excluding hydrogens is 330 g/mol. The van der Waals surface area contributed by atoms with Gasteiger partial charge in [0, 0.05) is 24.5 Å². The fourth-order valence-electron chi connectivity index (χ4n) is 2.68. The first-order valence-corrected chi connectivity index (χ1v) is 7.99. The second-order valence-corrected chi connectivity index (χ2v) is 5.54. The zero-order valence-corrected chi connectivity index (χ0v) is 14.0. The molecule has 1 amide bonds. The predicted molar refractivity (Wildman–Crippen MR) is 87.0 cm³/mol. The number of amides is 1. The first-order chi connectivity index (χ1) is 12.0. The zero-order valence-electron chi connectivity index (χ0n) is 14.0. The van der Waals surface area contributed by atoms with Crippen molar-refractivity contribution < 1.29 is 33.3 Å². The lowest BCUT2D eigenvalue weighted by Crippen LogP contribution is -2.42. The first-order valence-electron chi connectivity index (χ1n) is 7.99. The van der Waals surface area contributed by atoms with E-state index >= 15 is 0 Å². The average molecular weight is 349 g/mol. The summed E-state index contributed by atoms with van der Waals surface area (Å²) in [6.07, 6.45) is -0.577. The summed E-state index contributed by atoms with van der Waals surface area (Å²) in [6, 6.07) is 2.72. The molecule has 2 aromatic rings. The van der Waals surface area contributed by atoms with Crippen LogP contribution in [0, 0.1) is 6.92 Å². The van der Waals surface area contributed by atoms with Crippen molar-refractivity contribution in [2.75, 3.05) is 32.9 Å². The Balaban J connectivity index is 1.89. The topological polar surface area (TPSA) is 98.4 Å². The molecule has 2 heterocycles. The van der Waals surface area contributed by atoms with Crippen LogP contribution < -0.4 is 4.74 Å². The molecule has 8 nitrogen and oxygen atoms in total. The second kappa shape index (κ2) is 7.02. The molecule has 0 unspecified atom stereocenters. The summed E-state index contributed by atoms with van der Waals surface area (Å²) in [4.78, 5) is 25.7. The Morgan fingerprint density at radius 3 is 2.68 bits per heavy atom. The van der Waals surface area contributed by atoms with E-state index in [-0.39, 0.29) is 23.7 Å². The minimum absolute atomic E-state index is 0.0341. The number of benzene rings is 1. The molecule has 0 aliphatic carbocycles. The van der Waals surface area contributed by atoms with Gasteiger partial charge in [-0.1, -0.05) is 0 Å². The van der Waals surface area contributed by atoms with Gasteiger partial charge in [-0.2, -0.15) is 0 Å². The van der Waals surface area contributed by atoms with E-state index < -0.39 is 12.1 Å². The molecule has 1 fully saturated rings. The van der Waals surface area contributed by atoms with Crippen molar-refractivity contribution >= 4 is 23.0 Å². The Kier molecular flexibility index (Phi) is 4.80. The highest BCUT2D eigenvalue weighted by Gasteiger charge is 2.24. The lowest BCUT2D eigenvalue weighted by Gasteiger charge is -2.25. The highest BCUT2D eigenvalue weighted by Crippen LogP contribution is 2.36. The van der Waals surface area contributed by atoms with E-state index in [4.69, 9.17) is 18.6 Å². The number of carbonyl (C=O) groups is 2. The van der Waals surface area contributed by atoms with Gasteiger partial charge in [-0.3, -0.25) is 0 Å². The average Bonchev–Trinajstić information content (AvgIpc) is 2.91. The quantitative estimate of drug-likeness (QED) is 0.850. The van der Waals surface area contributed by atoms with Crippen molar-refractivity contribution in [1.29, 1.82) is 0 Å². The maximum absolute atomic E-state index is 12.2. The summed E-state index contributed by atoms with van der Waals surface area (Å²) < 4.78 is 21.0. The number of carbonyl (C=O) groups excluding carboxylic acids is 2. The Morgan fingerprint density at radius 1 is 1.28 bits per heavy atom. The predicted octanol–water partition coefficient (Wildman–Crippen LogP) is 2.45. The van der Waals surface area contributed by atoms with E-state index in [1.54, 1.807) is 13.8 Å². The van der Waals surface area contributed by atoms with Gasteiger partial charge >= 0.3 is 12.1 Å². The minimum atomic E-state index is -0.577. The SMILES string of the molecule is CCOC(=O)c1c(C)oc2cc(OC(=O)N3CCOCC3)c(O)cc12. The second-order valence-electron chi connectivity index (χ2n) is 5.54. The van der Waals surface area contributed by atoms with Crippen LogP contribution in [0.2, 0.25) is 0 Å². The van der Waals surface area contributed by atoms with Crippen molar-refractivity contribution in [1.82, 2.24) is 4.90 Å². The number of ether oxygens (including phenoxy) is 3. The molecule has 0 spiro atoms. The molecule has 3 rings (SSSR count). The Labute approximate surface area is 143 Å². The Bertz CT molecular complexity index is 805. The van der Waals surface area contributed by atoms with Crippen LogP contribution in [0.15, 0.2) is 16.5 Å². The molecule has 1 N–H and O–H groups in total. The molecule has 8 heteroatoms. The van der Waals surface area contributed by atoms with Gasteiger partial charge in [0.2, 0.25) is 0 Å². The fraction of sp³-hybridized carbons (Fsp3) is 0.412. The lowest BCUT2D eigenvalue weighted by molar-refractivity contribution is 0.0413. The number of hydrogen-bond donors (Lipinski definition) is 1. The number of rotatable bonds is 3. The molecule has 1 aliphatic heterocycles. The molecule has 0 saturated carbocycles. The van der Waals surface area contributed by atoms with Crippen LogP contribution in [0.4, 0.5) is 4.79 Å². The molecule has 0 atom stereocenters. The number of aryl methyl sites for hydroxylation is 1. The lowest BCUT2D eigenvalue weighted by atomic mass is 10.1. The molecule has 25 heavy (non-hydrogen) atoms. The van der Waals surface area contributed by atoms with Gasteiger partial charge in [0.15, 0.2) is 11.5 Å². The van der Waals surface area contributed by atoms with Crippen LogP contribution in [-0.4, -0.2) is 55.0 Å². The van der Waals surface area contributed by atoms with Crippen LogP contribution in [0.5, 0.6) is 11.5 Å².